The van der Waals surface area contributed by atoms with Gasteiger partial charge in [-0.1, -0.05) is 13.3 Å². The maximum absolute atomic E-state index is 3.65. The van der Waals surface area contributed by atoms with Crippen LogP contribution in [-0.4, -0.2) is 60.6 Å². The quantitative estimate of drug-likeness (QED) is 0.807. The molecule has 0 saturated carbocycles. The van der Waals surface area contributed by atoms with Crippen LogP contribution in [0.4, 0.5) is 0 Å². The number of hydrogen-bond acceptors (Lipinski definition) is 3. The predicted molar refractivity (Wildman–Crippen MR) is 87.2 cm³/mol. The standard InChI is InChI=1S/C17H35N3/c1-4-10-18-15(2)16(3)19-13-8-17(9-14-19)20-11-6-5-7-12-20/h15-18H,4-14H2,1-3H3. The van der Waals surface area contributed by atoms with Gasteiger partial charge in [0.15, 0.2) is 0 Å². The summed E-state index contributed by atoms with van der Waals surface area (Å²) in [6.07, 6.45) is 8.29. The molecule has 118 valence electrons. The smallest absolute Gasteiger partial charge is 0.0218 e. The van der Waals surface area contributed by atoms with Crippen LogP contribution in [-0.2, 0) is 0 Å². The van der Waals surface area contributed by atoms with Gasteiger partial charge >= 0.3 is 0 Å². The molecule has 1 N–H and O–H groups in total. The van der Waals surface area contributed by atoms with E-state index >= 15 is 0 Å². The van der Waals surface area contributed by atoms with Gasteiger partial charge in [0, 0.05) is 18.1 Å². The van der Waals surface area contributed by atoms with E-state index in [-0.39, 0.29) is 0 Å². The lowest BCUT2D eigenvalue weighted by atomic mass is 9.97. The third-order valence-electron chi connectivity index (χ3n) is 5.42. The monoisotopic (exact) mass is 281 g/mol. The third-order valence-corrected chi connectivity index (χ3v) is 5.42. The van der Waals surface area contributed by atoms with Gasteiger partial charge in [-0.3, -0.25) is 4.90 Å². The first-order chi connectivity index (χ1) is 9.72. The molecule has 20 heavy (non-hydrogen) atoms. The largest absolute Gasteiger partial charge is 0.313 e. The number of nitrogens with one attached hydrogen (secondary N) is 1. The van der Waals surface area contributed by atoms with E-state index in [1.807, 2.05) is 0 Å². The lowest BCUT2D eigenvalue weighted by Crippen LogP contribution is -2.53. The molecule has 3 heteroatoms. The lowest BCUT2D eigenvalue weighted by molar-refractivity contribution is 0.0678. The molecule has 0 aromatic carbocycles. The summed E-state index contributed by atoms with van der Waals surface area (Å²) in [4.78, 5) is 5.47. The topological polar surface area (TPSA) is 18.5 Å². The predicted octanol–water partition coefficient (Wildman–Crippen LogP) is 2.71. The molecule has 0 aromatic heterocycles. The van der Waals surface area contributed by atoms with Crippen molar-refractivity contribution in [2.24, 2.45) is 0 Å². The minimum atomic E-state index is 0.612. The van der Waals surface area contributed by atoms with E-state index in [2.05, 4.69) is 35.9 Å². The zero-order chi connectivity index (χ0) is 14.4. The number of likely N-dealkylation sites (tertiary alicyclic amines) is 2. The minimum absolute atomic E-state index is 0.612. The Morgan fingerprint density at radius 3 is 2.25 bits per heavy atom. The van der Waals surface area contributed by atoms with Crippen LogP contribution < -0.4 is 5.32 Å². The van der Waals surface area contributed by atoms with Crippen LogP contribution in [0.15, 0.2) is 0 Å². The van der Waals surface area contributed by atoms with Crippen molar-refractivity contribution in [2.75, 3.05) is 32.7 Å². The molecular weight excluding hydrogens is 246 g/mol. The van der Waals surface area contributed by atoms with Crippen LogP contribution >= 0.6 is 0 Å². The highest BCUT2D eigenvalue weighted by Crippen LogP contribution is 2.22. The molecule has 2 fully saturated rings. The van der Waals surface area contributed by atoms with Crippen LogP contribution in [0.5, 0.6) is 0 Å². The Bertz CT molecular complexity index is 255. The fourth-order valence-electron chi connectivity index (χ4n) is 3.80. The average Bonchev–Trinajstić information content (AvgIpc) is 2.53. The first-order valence-corrected chi connectivity index (χ1v) is 8.94. The maximum atomic E-state index is 3.65. The van der Waals surface area contributed by atoms with Crippen molar-refractivity contribution < 1.29 is 0 Å². The van der Waals surface area contributed by atoms with Gasteiger partial charge in [0.25, 0.3) is 0 Å². The van der Waals surface area contributed by atoms with Gasteiger partial charge in [0.05, 0.1) is 0 Å². The summed E-state index contributed by atoms with van der Waals surface area (Å²) in [5.74, 6) is 0. The zero-order valence-electron chi connectivity index (χ0n) is 13.9. The van der Waals surface area contributed by atoms with Gasteiger partial charge in [-0.15, -0.1) is 0 Å². The Hall–Kier alpha value is -0.120. The number of rotatable bonds is 6. The molecule has 2 aliphatic rings. The molecule has 0 amide bonds. The molecule has 2 unspecified atom stereocenters. The molecular formula is C17H35N3. The number of hydrogen-bond donors (Lipinski definition) is 1. The fourth-order valence-corrected chi connectivity index (χ4v) is 3.80. The molecule has 0 aromatic rings. The van der Waals surface area contributed by atoms with Crippen molar-refractivity contribution in [1.29, 1.82) is 0 Å². The second-order valence-corrected chi connectivity index (χ2v) is 6.85. The van der Waals surface area contributed by atoms with Gasteiger partial charge in [-0.2, -0.15) is 0 Å². The van der Waals surface area contributed by atoms with E-state index in [4.69, 9.17) is 0 Å². The number of nitrogens with zero attached hydrogens (tertiary/aromatic N) is 2. The van der Waals surface area contributed by atoms with Crippen LogP contribution in [0.3, 0.4) is 0 Å². The Morgan fingerprint density at radius 2 is 1.65 bits per heavy atom. The Labute approximate surface area is 126 Å². The highest BCUT2D eigenvalue weighted by molar-refractivity contribution is 4.86. The number of piperidine rings is 2. The Morgan fingerprint density at radius 1 is 1.00 bits per heavy atom. The summed E-state index contributed by atoms with van der Waals surface area (Å²) < 4.78 is 0. The molecule has 0 spiro atoms. The van der Waals surface area contributed by atoms with E-state index in [0.717, 1.165) is 12.6 Å². The van der Waals surface area contributed by atoms with Crippen molar-refractivity contribution in [1.82, 2.24) is 15.1 Å². The van der Waals surface area contributed by atoms with Crippen molar-refractivity contribution in [3.63, 3.8) is 0 Å². The van der Waals surface area contributed by atoms with Gasteiger partial charge in [0.1, 0.15) is 0 Å². The summed E-state index contributed by atoms with van der Waals surface area (Å²) in [5.41, 5.74) is 0. The molecule has 2 atom stereocenters. The molecule has 2 aliphatic heterocycles. The van der Waals surface area contributed by atoms with E-state index < -0.39 is 0 Å². The summed E-state index contributed by atoms with van der Waals surface area (Å²) in [6.45, 7) is 13.4. The third kappa shape index (κ3) is 4.44. The van der Waals surface area contributed by atoms with Crippen LogP contribution in [0, 0.1) is 0 Å². The summed E-state index contributed by atoms with van der Waals surface area (Å²) in [5, 5.41) is 3.65. The van der Waals surface area contributed by atoms with E-state index in [1.54, 1.807) is 0 Å². The van der Waals surface area contributed by atoms with E-state index in [0.29, 0.717) is 12.1 Å². The second-order valence-electron chi connectivity index (χ2n) is 6.85. The molecule has 0 bridgehead atoms. The molecule has 2 heterocycles. The first-order valence-electron chi connectivity index (χ1n) is 8.94. The van der Waals surface area contributed by atoms with Crippen molar-refractivity contribution in [2.45, 2.75) is 77.4 Å². The fraction of sp³-hybridized carbons (Fsp3) is 1.00. The van der Waals surface area contributed by atoms with Crippen LogP contribution in [0.2, 0.25) is 0 Å². The van der Waals surface area contributed by atoms with Gasteiger partial charge in [-0.05, 0) is 78.7 Å². The highest BCUT2D eigenvalue weighted by atomic mass is 15.2. The van der Waals surface area contributed by atoms with Gasteiger partial charge in [0.2, 0.25) is 0 Å². The Balaban J connectivity index is 1.72. The van der Waals surface area contributed by atoms with Crippen molar-refractivity contribution in [3.8, 4) is 0 Å². The van der Waals surface area contributed by atoms with Crippen molar-refractivity contribution in [3.05, 3.63) is 0 Å². The molecule has 3 nitrogen and oxygen atoms in total. The molecule has 2 rings (SSSR count). The summed E-state index contributed by atoms with van der Waals surface area (Å²) in [7, 11) is 0. The summed E-state index contributed by atoms with van der Waals surface area (Å²) in [6, 6.07) is 2.16. The average molecular weight is 281 g/mol. The van der Waals surface area contributed by atoms with Gasteiger partial charge < -0.3 is 10.2 Å². The van der Waals surface area contributed by atoms with Crippen LogP contribution in [0.25, 0.3) is 0 Å². The minimum Gasteiger partial charge on any atom is -0.313 e. The lowest BCUT2D eigenvalue weighted by Gasteiger charge is -2.43. The maximum Gasteiger partial charge on any atom is 0.0218 e. The summed E-state index contributed by atoms with van der Waals surface area (Å²) >= 11 is 0. The molecule has 0 aliphatic carbocycles. The zero-order valence-corrected chi connectivity index (χ0v) is 13.9. The van der Waals surface area contributed by atoms with E-state index in [9.17, 15) is 0 Å². The normalized spacial score (nSPS) is 26.6. The Kier molecular flexibility index (Phi) is 6.79. The molecule has 2 saturated heterocycles. The van der Waals surface area contributed by atoms with E-state index in [1.165, 1.54) is 64.7 Å². The van der Waals surface area contributed by atoms with Gasteiger partial charge in [-0.25, -0.2) is 0 Å². The van der Waals surface area contributed by atoms with Crippen molar-refractivity contribution >= 4 is 0 Å². The molecule has 0 radical (unpaired) electrons. The second kappa shape index (κ2) is 8.35. The first kappa shape index (κ1) is 16.3. The highest BCUT2D eigenvalue weighted by Gasteiger charge is 2.28. The van der Waals surface area contributed by atoms with Crippen LogP contribution in [0.1, 0.15) is 59.3 Å². The SMILES string of the molecule is CCCNC(C)C(C)N1CCC(N2CCCCC2)CC1.